The fraction of sp³-hybridized carbons (Fsp3) is 0.438. The molecule has 3 heteroatoms. The van der Waals surface area contributed by atoms with E-state index in [9.17, 15) is 4.79 Å². The maximum atomic E-state index is 11.5. The average molecular weight is 264 g/mol. The summed E-state index contributed by atoms with van der Waals surface area (Å²) < 4.78 is 0. The van der Waals surface area contributed by atoms with Crippen LogP contribution < -0.4 is 5.32 Å². The Morgan fingerprint density at radius 3 is 2.68 bits per heavy atom. The highest BCUT2D eigenvalue weighted by Gasteiger charge is 2.15. The number of likely N-dealkylation sites (N-methyl/N-ethyl adjacent to an activating group) is 1. The molecular weight excluding hydrogens is 236 g/mol. The lowest BCUT2D eigenvalue weighted by atomic mass is 10.0. The average Bonchev–Trinajstić information content (AvgIpc) is 2.84. The zero-order valence-corrected chi connectivity index (χ0v) is 12.3. The summed E-state index contributed by atoms with van der Waals surface area (Å²) in [5.74, 6) is 0.192. The van der Waals surface area contributed by atoms with Crippen LogP contribution in [-0.2, 0) is 11.2 Å². The number of ketones is 1. The molecule has 0 amide bonds. The van der Waals surface area contributed by atoms with E-state index >= 15 is 0 Å². The molecule has 0 aliphatic carbocycles. The first kappa shape index (κ1) is 15.4. The standard InChI is InChI=1S/C14H18N2O.C2H6.2H2/c1-3-15-14(10(2)17)8-11-9-16-13-7-5-4-6-12(11)13;1-2;;/h4-7,9,14-16H,3,8H2,1-2H3;1-2H3;2*1H. The van der Waals surface area contributed by atoms with Crippen molar-refractivity contribution in [3.05, 3.63) is 36.0 Å². The lowest BCUT2D eigenvalue weighted by Gasteiger charge is -2.13. The molecule has 1 unspecified atom stereocenters. The van der Waals surface area contributed by atoms with Gasteiger partial charge in [0.05, 0.1) is 6.04 Å². The summed E-state index contributed by atoms with van der Waals surface area (Å²) in [6.45, 7) is 8.47. The van der Waals surface area contributed by atoms with E-state index in [0.717, 1.165) is 18.5 Å². The first-order valence-corrected chi connectivity index (χ1v) is 7.01. The minimum absolute atomic E-state index is 0. The molecule has 2 N–H and O–H groups in total. The van der Waals surface area contributed by atoms with Gasteiger partial charge in [-0.2, -0.15) is 0 Å². The molecule has 3 nitrogen and oxygen atoms in total. The molecular formula is C16H28N2O. The van der Waals surface area contributed by atoms with Crippen molar-refractivity contribution in [1.82, 2.24) is 10.3 Å². The van der Waals surface area contributed by atoms with Gasteiger partial charge in [-0.1, -0.05) is 39.0 Å². The number of fused-ring (bicyclic) bond motifs is 1. The van der Waals surface area contributed by atoms with Crippen molar-refractivity contribution in [3.8, 4) is 0 Å². The molecule has 2 rings (SSSR count). The Labute approximate surface area is 118 Å². The molecule has 0 bridgehead atoms. The number of H-pyrrole nitrogens is 1. The van der Waals surface area contributed by atoms with Gasteiger partial charge < -0.3 is 10.3 Å². The van der Waals surface area contributed by atoms with Gasteiger partial charge in [-0.15, -0.1) is 0 Å². The van der Waals surface area contributed by atoms with Gasteiger partial charge >= 0.3 is 0 Å². The van der Waals surface area contributed by atoms with Crippen LogP contribution in [0.5, 0.6) is 0 Å². The van der Waals surface area contributed by atoms with Crippen molar-refractivity contribution in [2.24, 2.45) is 0 Å². The highest BCUT2D eigenvalue weighted by Crippen LogP contribution is 2.19. The van der Waals surface area contributed by atoms with Crippen LogP contribution in [0.4, 0.5) is 0 Å². The molecule has 0 radical (unpaired) electrons. The quantitative estimate of drug-likeness (QED) is 0.863. The number of benzene rings is 1. The van der Waals surface area contributed by atoms with E-state index in [1.807, 2.05) is 39.1 Å². The predicted molar refractivity (Wildman–Crippen MR) is 85.7 cm³/mol. The Morgan fingerprint density at radius 2 is 2.05 bits per heavy atom. The Hall–Kier alpha value is -1.61. The predicted octanol–water partition coefficient (Wildman–Crippen LogP) is 3.80. The lowest BCUT2D eigenvalue weighted by Crippen LogP contribution is -2.36. The largest absolute Gasteiger partial charge is 0.361 e. The molecule has 1 heterocycles. The molecule has 2 aromatic rings. The summed E-state index contributed by atoms with van der Waals surface area (Å²) in [5, 5.41) is 4.43. The van der Waals surface area contributed by atoms with Gasteiger partial charge in [0.1, 0.15) is 5.78 Å². The van der Waals surface area contributed by atoms with Crippen LogP contribution in [0.1, 0.15) is 36.1 Å². The fourth-order valence-corrected chi connectivity index (χ4v) is 2.13. The van der Waals surface area contributed by atoms with Crippen LogP contribution in [-0.4, -0.2) is 23.4 Å². The van der Waals surface area contributed by atoms with E-state index in [4.69, 9.17) is 0 Å². The van der Waals surface area contributed by atoms with E-state index in [1.54, 1.807) is 6.92 Å². The first-order valence-electron chi connectivity index (χ1n) is 7.01. The topological polar surface area (TPSA) is 44.9 Å². The van der Waals surface area contributed by atoms with Gasteiger partial charge in [0.15, 0.2) is 0 Å². The molecule has 0 saturated heterocycles. The SMILES string of the molecule is CC.CCNC(Cc1c[nH]c2ccccc12)C(C)=O.[HH].[HH]. The summed E-state index contributed by atoms with van der Waals surface area (Å²) >= 11 is 0. The third-order valence-electron chi connectivity index (χ3n) is 3.04. The number of rotatable bonds is 5. The number of para-hydroxylation sites is 1. The number of aromatic nitrogens is 1. The highest BCUT2D eigenvalue weighted by atomic mass is 16.1. The number of hydrogen-bond donors (Lipinski definition) is 2. The maximum Gasteiger partial charge on any atom is 0.147 e. The minimum Gasteiger partial charge on any atom is -0.361 e. The van der Waals surface area contributed by atoms with Gasteiger partial charge in [0.2, 0.25) is 0 Å². The maximum absolute atomic E-state index is 11.5. The third-order valence-corrected chi connectivity index (χ3v) is 3.04. The van der Waals surface area contributed by atoms with Crippen molar-refractivity contribution in [3.63, 3.8) is 0 Å². The van der Waals surface area contributed by atoms with E-state index in [0.29, 0.717) is 0 Å². The van der Waals surface area contributed by atoms with Crippen molar-refractivity contribution in [2.75, 3.05) is 6.54 Å². The molecule has 0 aliphatic rings. The number of Topliss-reactive ketones (excluding diaryl/α,β-unsaturated/α-hetero) is 1. The Kier molecular flexibility index (Phi) is 6.30. The molecule has 0 spiro atoms. The van der Waals surface area contributed by atoms with Crippen molar-refractivity contribution in [2.45, 2.75) is 40.2 Å². The van der Waals surface area contributed by atoms with Crippen LogP contribution in [0.25, 0.3) is 10.9 Å². The zero-order chi connectivity index (χ0) is 14.3. The van der Waals surface area contributed by atoms with Gasteiger partial charge in [0, 0.05) is 20.0 Å². The fourth-order valence-electron chi connectivity index (χ4n) is 2.13. The van der Waals surface area contributed by atoms with Gasteiger partial charge in [-0.3, -0.25) is 4.79 Å². The summed E-state index contributed by atoms with van der Waals surface area (Å²) in [4.78, 5) is 14.8. The smallest absolute Gasteiger partial charge is 0.147 e. The minimum atomic E-state index is -0.0841. The summed E-state index contributed by atoms with van der Waals surface area (Å²) in [6, 6.07) is 8.09. The first-order chi connectivity index (χ1) is 9.22. The molecule has 0 fully saturated rings. The second-order valence-corrected chi connectivity index (χ2v) is 4.28. The van der Waals surface area contributed by atoms with Crippen LogP contribution in [0.2, 0.25) is 0 Å². The number of nitrogens with one attached hydrogen (secondary N) is 2. The van der Waals surface area contributed by atoms with Gasteiger partial charge in [0.25, 0.3) is 0 Å². The second-order valence-electron chi connectivity index (χ2n) is 4.28. The summed E-state index contributed by atoms with van der Waals surface area (Å²) in [6.07, 6.45) is 2.74. The number of hydrogen-bond acceptors (Lipinski definition) is 2. The normalized spacial score (nSPS) is 11.8. The van der Waals surface area contributed by atoms with E-state index in [-0.39, 0.29) is 14.7 Å². The van der Waals surface area contributed by atoms with Gasteiger partial charge in [-0.05, 0) is 31.5 Å². The molecule has 0 aliphatic heterocycles. The molecule has 19 heavy (non-hydrogen) atoms. The Balaban J connectivity index is 0. The Bertz CT molecular complexity index is 526. The molecule has 0 saturated carbocycles. The highest BCUT2D eigenvalue weighted by molar-refractivity contribution is 5.86. The number of carbonyl (C=O) groups is 1. The van der Waals surface area contributed by atoms with Crippen LogP contribution in [0.15, 0.2) is 30.5 Å². The number of carbonyl (C=O) groups excluding carboxylic acids is 1. The molecule has 1 aromatic heterocycles. The second kappa shape index (κ2) is 7.74. The van der Waals surface area contributed by atoms with E-state index in [1.165, 1.54) is 10.9 Å². The van der Waals surface area contributed by atoms with E-state index < -0.39 is 0 Å². The molecule has 108 valence electrons. The van der Waals surface area contributed by atoms with Crippen LogP contribution >= 0.6 is 0 Å². The van der Waals surface area contributed by atoms with Crippen molar-refractivity contribution in [1.29, 1.82) is 0 Å². The third kappa shape index (κ3) is 3.93. The summed E-state index contributed by atoms with van der Waals surface area (Å²) in [7, 11) is 0. The monoisotopic (exact) mass is 264 g/mol. The lowest BCUT2D eigenvalue weighted by molar-refractivity contribution is -0.118. The Morgan fingerprint density at radius 1 is 1.37 bits per heavy atom. The zero-order valence-electron chi connectivity index (χ0n) is 12.3. The van der Waals surface area contributed by atoms with Gasteiger partial charge in [-0.25, -0.2) is 0 Å². The van der Waals surface area contributed by atoms with Crippen LogP contribution in [0, 0.1) is 0 Å². The van der Waals surface area contributed by atoms with Crippen LogP contribution in [0.3, 0.4) is 0 Å². The summed E-state index contributed by atoms with van der Waals surface area (Å²) in [5.41, 5.74) is 2.32. The molecule has 1 aromatic carbocycles. The van der Waals surface area contributed by atoms with Crippen molar-refractivity contribution < 1.29 is 7.65 Å². The van der Waals surface area contributed by atoms with Crippen molar-refractivity contribution >= 4 is 16.7 Å². The number of aromatic amines is 1. The molecule has 1 atom stereocenters. The van der Waals surface area contributed by atoms with E-state index in [2.05, 4.69) is 22.4 Å².